The van der Waals surface area contributed by atoms with Gasteiger partial charge in [0.05, 0.1) is 12.6 Å². The topological polar surface area (TPSA) is 34.6 Å². The van der Waals surface area contributed by atoms with Crippen LogP contribution in [0.1, 0.15) is 11.0 Å². The first-order chi connectivity index (χ1) is 8.35. The molecule has 1 aromatic heterocycles. The maximum absolute atomic E-state index is 5.28. The summed E-state index contributed by atoms with van der Waals surface area (Å²) in [6.07, 6.45) is 1.72. The van der Waals surface area contributed by atoms with Crippen molar-refractivity contribution in [2.45, 2.75) is 12.3 Å². The lowest BCUT2D eigenvalue weighted by Crippen LogP contribution is -2.42. The van der Waals surface area contributed by atoms with Crippen molar-refractivity contribution in [3.63, 3.8) is 0 Å². The third kappa shape index (κ3) is 3.42. The minimum atomic E-state index is -0.152. The van der Waals surface area contributed by atoms with Crippen LogP contribution in [-0.2, 0) is 9.47 Å². The molecule has 1 saturated heterocycles. The van der Waals surface area contributed by atoms with E-state index in [2.05, 4.69) is 9.88 Å². The van der Waals surface area contributed by atoms with Gasteiger partial charge in [-0.1, -0.05) is 0 Å². The zero-order valence-corrected chi connectivity index (χ0v) is 11.8. The molecular weight excluding hydrogens is 256 g/mol. The van der Waals surface area contributed by atoms with E-state index >= 15 is 0 Å². The van der Waals surface area contributed by atoms with Crippen molar-refractivity contribution in [2.24, 2.45) is 0 Å². The quantitative estimate of drug-likeness (QED) is 0.766. The van der Waals surface area contributed by atoms with Gasteiger partial charge in [0, 0.05) is 43.8 Å². The Balaban J connectivity index is 2.02. The van der Waals surface area contributed by atoms with Crippen molar-refractivity contribution in [2.75, 3.05) is 38.8 Å². The Hall–Kier alpha value is -0.140. The Labute approximate surface area is 110 Å². The van der Waals surface area contributed by atoms with Crippen molar-refractivity contribution in [1.82, 2.24) is 9.88 Å². The molecule has 0 saturated carbocycles. The van der Waals surface area contributed by atoms with Crippen LogP contribution in [-0.4, -0.2) is 55.0 Å². The van der Waals surface area contributed by atoms with Gasteiger partial charge in [0.1, 0.15) is 5.01 Å². The molecule has 1 aliphatic heterocycles. The number of ether oxygens (including phenoxy) is 2. The molecule has 0 spiro atoms. The van der Waals surface area contributed by atoms with E-state index in [9.17, 15) is 0 Å². The number of nitrogens with zero attached hydrogens (tertiary/aromatic N) is 2. The lowest BCUT2D eigenvalue weighted by atomic mass is 10.2. The first-order valence-electron chi connectivity index (χ1n) is 5.62. The van der Waals surface area contributed by atoms with Gasteiger partial charge in [0.2, 0.25) is 0 Å². The SMILES string of the molecule is COC(CN1CCSC[C@H]1c1nccs1)OC. The normalized spacial score (nSPS) is 22.2. The Bertz CT molecular complexity index is 317. The first-order valence-corrected chi connectivity index (χ1v) is 7.65. The minimum absolute atomic E-state index is 0.152. The fourth-order valence-electron chi connectivity index (χ4n) is 1.92. The van der Waals surface area contributed by atoms with Gasteiger partial charge in [-0.2, -0.15) is 11.8 Å². The summed E-state index contributed by atoms with van der Waals surface area (Å²) < 4.78 is 10.6. The summed E-state index contributed by atoms with van der Waals surface area (Å²) in [5, 5.41) is 3.24. The van der Waals surface area contributed by atoms with E-state index in [-0.39, 0.29) is 6.29 Å². The van der Waals surface area contributed by atoms with Crippen LogP contribution in [0.4, 0.5) is 0 Å². The van der Waals surface area contributed by atoms with Crippen molar-refractivity contribution in [3.8, 4) is 0 Å². The largest absolute Gasteiger partial charge is 0.355 e. The summed E-state index contributed by atoms with van der Waals surface area (Å²) in [4.78, 5) is 6.84. The molecule has 4 nitrogen and oxygen atoms in total. The third-order valence-electron chi connectivity index (χ3n) is 2.89. The predicted octanol–water partition coefficient (Wildman–Crippen LogP) is 1.85. The first kappa shape index (κ1) is 13.3. The molecule has 17 heavy (non-hydrogen) atoms. The highest BCUT2D eigenvalue weighted by Gasteiger charge is 2.28. The van der Waals surface area contributed by atoms with E-state index in [1.807, 2.05) is 23.3 Å². The number of rotatable bonds is 5. The Morgan fingerprint density at radius 1 is 1.53 bits per heavy atom. The lowest BCUT2D eigenvalue weighted by molar-refractivity contribution is -0.119. The average Bonchev–Trinajstić information content (AvgIpc) is 2.90. The average molecular weight is 274 g/mol. The third-order valence-corrected chi connectivity index (χ3v) is 4.78. The van der Waals surface area contributed by atoms with Crippen molar-refractivity contribution in [1.29, 1.82) is 0 Å². The number of hydrogen-bond acceptors (Lipinski definition) is 6. The maximum Gasteiger partial charge on any atom is 0.169 e. The summed E-state index contributed by atoms with van der Waals surface area (Å²) in [5.41, 5.74) is 0. The monoisotopic (exact) mass is 274 g/mol. The van der Waals surface area contributed by atoms with E-state index < -0.39 is 0 Å². The molecule has 0 radical (unpaired) electrons. The van der Waals surface area contributed by atoms with Crippen LogP contribution in [0.15, 0.2) is 11.6 Å². The summed E-state index contributed by atoms with van der Waals surface area (Å²) in [6, 6.07) is 0.404. The van der Waals surface area contributed by atoms with Gasteiger partial charge in [-0.25, -0.2) is 4.98 Å². The van der Waals surface area contributed by atoms with Gasteiger partial charge < -0.3 is 9.47 Å². The van der Waals surface area contributed by atoms with E-state index in [1.165, 1.54) is 10.8 Å². The maximum atomic E-state index is 5.28. The molecule has 0 amide bonds. The second-order valence-corrected chi connectivity index (χ2v) is 5.93. The molecule has 2 rings (SSSR count). The Morgan fingerprint density at radius 3 is 3.00 bits per heavy atom. The molecule has 2 heterocycles. The fraction of sp³-hybridized carbons (Fsp3) is 0.727. The van der Waals surface area contributed by atoms with Crippen LogP contribution in [0.2, 0.25) is 0 Å². The second kappa shape index (κ2) is 6.70. The van der Waals surface area contributed by atoms with Crippen LogP contribution in [0, 0.1) is 0 Å². The van der Waals surface area contributed by atoms with Crippen LogP contribution in [0.3, 0.4) is 0 Å². The van der Waals surface area contributed by atoms with Gasteiger partial charge in [0.25, 0.3) is 0 Å². The van der Waals surface area contributed by atoms with Crippen LogP contribution < -0.4 is 0 Å². The standard InChI is InChI=1S/C11H18N2O2S2/c1-14-10(15-2)7-13-4-6-16-8-9(13)11-12-3-5-17-11/h3,5,9-10H,4,6-8H2,1-2H3/t9-/m0/s1. The highest BCUT2D eigenvalue weighted by Crippen LogP contribution is 2.30. The van der Waals surface area contributed by atoms with Crippen molar-refractivity contribution < 1.29 is 9.47 Å². The molecule has 0 aliphatic carbocycles. The molecular formula is C11H18N2O2S2. The summed E-state index contributed by atoms with van der Waals surface area (Å²) in [6.45, 7) is 1.87. The number of thiazole rings is 1. The highest BCUT2D eigenvalue weighted by molar-refractivity contribution is 7.99. The number of hydrogen-bond donors (Lipinski definition) is 0. The molecule has 0 N–H and O–H groups in total. The van der Waals surface area contributed by atoms with E-state index in [0.717, 1.165) is 18.8 Å². The van der Waals surface area contributed by atoms with Crippen molar-refractivity contribution >= 4 is 23.1 Å². The number of aromatic nitrogens is 1. The number of thioether (sulfide) groups is 1. The molecule has 0 bridgehead atoms. The molecule has 1 aromatic rings. The van der Waals surface area contributed by atoms with E-state index in [0.29, 0.717) is 6.04 Å². The smallest absolute Gasteiger partial charge is 0.169 e. The Morgan fingerprint density at radius 2 is 2.35 bits per heavy atom. The molecule has 0 unspecified atom stereocenters. The zero-order valence-electron chi connectivity index (χ0n) is 10.2. The summed E-state index contributed by atoms with van der Waals surface area (Å²) >= 11 is 3.72. The van der Waals surface area contributed by atoms with E-state index in [1.54, 1.807) is 25.6 Å². The zero-order chi connectivity index (χ0) is 12.1. The van der Waals surface area contributed by atoms with Gasteiger partial charge in [-0.3, -0.25) is 4.90 Å². The predicted molar refractivity (Wildman–Crippen MR) is 71.6 cm³/mol. The fourth-order valence-corrected chi connectivity index (χ4v) is 3.92. The van der Waals surface area contributed by atoms with Gasteiger partial charge in [0.15, 0.2) is 6.29 Å². The van der Waals surface area contributed by atoms with Gasteiger partial charge in [-0.15, -0.1) is 11.3 Å². The van der Waals surface area contributed by atoms with Gasteiger partial charge >= 0.3 is 0 Å². The molecule has 1 fully saturated rings. The number of methoxy groups -OCH3 is 2. The summed E-state index contributed by atoms with van der Waals surface area (Å²) in [7, 11) is 3.37. The van der Waals surface area contributed by atoms with E-state index in [4.69, 9.17) is 9.47 Å². The van der Waals surface area contributed by atoms with Crippen LogP contribution in [0.5, 0.6) is 0 Å². The summed E-state index contributed by atoms with van der Waals surface area (Å²) in [5.74, 6) is 2.27. The lowest BCUT2D eigenvalue weighted by Gasteiger charge is -2.35. The second-order valence-electron chi connectivity index (χ2n) is 3.86. The molecule has 1 atom stereocenters. The molecule has 6 heteroatoms. The Kier molecular flexibility index (Phi) is 5.24. The highest BCUT2D eigenvalue weighted by atomic mass is 32.2. The van der Waals surface area contributed by atoms with Crippen LogP contribution in [0.25, 0.3) is 0 Å². The molecule has 96 valence electrons. The van der Waals surface area contributed by atoms with Crippen molar-refractivity contribution in [3.05, 3.63) is 16.6 Å². The molecule has 1 aliphatic rings. The van der Waals surface area contributed by atoms with Crippen LogP contribution >= 0.6 is 23.1 Å². The molecule has 0 aromatic carbocycles. The minimum Gasteiger partial charge on any atom is -0.355 e. The van der Waals surface area contributed by atoms with Gasteiger partial charge in [-0.05, 0) is 0 Å².